The highest BCUT2D eigenvalue weighted by Gasteiger charge is 2.12. The third kappa shape index (κ3) is 2.48. The highest BCUT2D eigenvalue weighted by Crippen LogP contribution is 2.22. The second-order valence-electron chi connectivity index (χ2n) is 5.03. The van der Waals surface area contributed by atoms with E-state index in [-0.39, 0.29) is 6.54 Å². The van der Waals surface area contributed by atoms with Crippen molar-refractivity contribution in [2.24, 2.45) is 0 Å². The van der Waals surface area contributed by atoms with Gasteiger partial charge in [0.25, 0.3) is 0 Å². The number of carbonyl (C=O) groups is 1. The molecule has 2 N–H and O–H groups in total. The van der Waals surface area contributed by atoms with Crippen molar-refractivity contribution in [3.63, 3.8) is 0 Å². The van der Waals surface area contributed by atoms with Gasteiger partial charge >= 0.3 is 5.97 Å². The van der Waals surface area contributed by atoms with Gasteiger partial charge in [0.05, 0.1) is 17.3 Å². The summed E-state index contributed by atoms with van der Waals surface area (Å²) < 4.78 is 1.72. The molecule has 7 heteroatoms. The molecule has 7 nitrogen and oxygen atoms in total. The summed E-state index contributed by atoms with van der Waals surface area (Å²) in [6, 6.07) is 6.04. The van der Waals surface area contributed by atoms with Crippen LogP contribution in [0.3, 0.4) is 0 Å². The maximum absolute atomic E-state index is 10.7. The lowest BCUT2D eigenvalue weighted by Crippen LogP contribution is -2.13. The Balaban J connectivity index is 2.06. The first-order valence-electron chi connectivity index (χ1n) is 6.78. The first-order chi connectivity index (χ1) is 10.6. The van der Waals surface area contributed by atoms with E-state index >= 15 is 0 Å². The molecule has 0 saturated carbocycles. The molecule has 0 aliphatic carbocycles. The van der Waals surface area contributed by atoms with Gasteiger partial charge in [-0.1, -0.05) is 6.07 Å². The van der Waals surface area contributed by atoms with Gasteiger partial charge in [-0.3, -0.25) is 4.79 Å². The average Bonchev–Trinajstić information content (AvgIpc) is 2.92. The fourth-order valence-corrected chi connectivity index (χ4v) is 2.19. The molecule has 0 unspecified atom stereocenters. The minimum Gasteiger partial charge on any atom is -0.480 e. The number of aliphatic carboxylic acids is 1. The number of fused-ring (bicyclic) bond motifs is 1. The Morgan fingerprint density at radius 3 is 2.82 bits per heavy atom. The van der Waals surface area contributed by atoms with E-state index in [0.717, 1.165) is 5.69 Å². The van der Waals surface area contributed by atoms with Gasteiger partial charge in [0.1, 0.15) is 18.7 Å². The van der Waals surface area contributed by atoms with E-state index in [1.807, 2.05) is 25.1 Å². The van der Waals surface area contributed by atoms with Crippen LogP contribution in [0.25, 0.3) is 16.7 Å². The Hall–Kier alpha value is -2.96. The third-order valence-corrected chi connectivity index (χ3v) is 3.51. The SMILES string of the molecule is Cc1ccc(-n2ncc3c(NCC(=O)O)ncnc32)cc1C. The fourth-order valence-electron chi connectivity index (χ4n) is 2.19. The number of nitrogens with zero attached hydrogens (tertiary/aromatic N) is 4. The maximum Gasteiger partial charge on any atom is 0.322 e. The van der Waals surface area contributed by atoms with Crippen molar-refractivity contribution in [1.82, 2.24) is 19.7 Å². The van der Waals surface area contributed by atoms with Crippen molar-refractivity contribution in [3.05, 3.63) is 41.9 Å². The molecule has 3 rings (SSSR count). The minimum absolute atomic E-state index is 0.207. The molecular weight excluding hydrogens is 282 g/mol. The van der Waals surface area contributed by atoms with Crippen LogP contribution in [-0.4, -0.2) is 37.4 Å². The van der Waals surface area contributed by atoms with Gasteiger partial charge in [0.2, 0.25) is 0 Å². The van der Waals surface area contributed by atoms with E-state index in [1.54, 1.807) is 10.9 Å². The number of aryl methyl sites for hydroxylation is 2. The topological polar surface area (TPSA) is 92.9 Å². The summed E-state index contributed by atoms with van der Waals surface area (Å²) in [5, 5.41) is 16.6. The zero-order valence-electron chi connectivity index (χ0n) is 12.2. The number of anilines is 1. The average molecular weight is 297 g/mol. The summed E-state index contributed by atoms with van der Waals surface area (Å²) in [6.07, 6.45) is 3.03. The van der Waals surface area contributed by atoms with Crippen LogP contribution in [0.5, 0.6) is 0 Å². The van der Waals surface area contributed by atoms with Crippen LogP contribution in [0, 0.1) is 13.8 Å². The highest BCUT2D eigenvalue weighted by molar-refractivity contribution is 5.88. The smallest absolute Gasteiger partial charge is 0.322 e. The molecule has 0 aliphatic heterocycles. The predicted octanol–water partition coefficient (Wildman–Crippen LogP) is 1.93. The Bertz CT molecular complexity index is 856. The van der Waals surface area contributed by atoms with E-state index in [0.29, 0.717) is 16.9 Å². The van der Waals surface area contributed by atoms with Crippen molar-refractivity contribution in [3.8, 4) is 5.69 Å². The summed E-state index contributed by atoms with van der Waals surface area (Å²) in [4.78, 5) is 19.0. The Labute approximate surface area is 126 Å². The summed E-state index contributed by atoms with van der Waals surface area (Å²) in [5.74, 6) is -0.490. The molecule has 0 fully saturated rings. The van der Waals surface area contributed by atoms with Gasteiger partial charge < -0.3 is 10.4 Å². The summed E-state index contributed by atoms with van der Waals surface area (Å²) in [6.45, 7) is 3.89. The molecule has 112 valence electrons. The molecule has 0 atom stereocenters. The van der Waals surface area contributed by atoms with Crippen molar-refractivity contribution >= 4 is 22.8 Å². The molecule has 0 radical (unpaired) electrons. The lowest BCUT2D eigenvalue weighted by Gasteiger charge is -2.07. The molecule has 0 bridgehead atoms. The molecular formula is C15H15N5O2. The van der Waals surface area contributed by atoms with Crippen LogP contribution < -0.4 is 5.32 Å². The molecule has 0 spiro atoms. The van der Waals surface area contributed by atoms with Crippen LogP contribution in [0.4, 0.5) is 5.82 Å². The normalized spacial score (nSPS) is 10.8. The minimum atomic E-state index is -0.951. The van der Waals surface area contributed by atoms with Gasteiger partial charge in [-0.05, 0) is 37.1 Å². The molecule has 2 aromatic heterocycles. The van der Waals surface area contributed by atoms with E-state index in [9.17, 15) is 4.79 Å². The zero-order chi connectivity index (χ0) is 15.7. The molecule has 0 amide bonds. The Morgan fingerprint density at radius 2 is 2.09 bits per heavy atom. The Kier molecular flexibility index (Phi) is 3.46. The fraction of sp³-hybridized carbons (Fsp3) is 0.200. The molecule has 1 aromatic carbocycles. The van der Waals surface area contributed by atoms with Gasteiger partial charge in [-0.2, -0.15) is 5.10 Å². The van der Waals surface area contributed by atoms with Crippen LogP contribution in [0.1, 0.15) is 11.1 Å². The number of hydrogen-bond donors (Lipinski definition) is 2. The predicted molar refractivity (Wildman–Crippen MR) is 82.3 cm³/mol. The number of aromatic nitrogens is 4. The van der Waals surface area contributed by atoms with Gasteiger partial charge in [0, 0.05) is 0 Å². The van der Waals surface area contributed by atoms with Gasteiger partial charge in [-0.15, -0.1) is 0 Å². The largest absolute Gasteiger partial charge is 0.480 e. The number of nitrogens with one attached hydrogen (secondary N) is 1. The van der Waals surface area contributed by atoms with Crippen LogP contribution in [-0.2, 0) is 4.79 Å². The van der Waals surface area contributed by atoms with E-state index in [1.165, 1.54) is 17.5 Å². The monoisotopic (exact) mass is 297 g/mol. The van der Waals surface area contributed by atoms with E-state index in [2.05, 4.69) is 27.3 Å². The molecule has 0 aliphatic rings. The first kappa shape index (κ1) is 14.0. The number of benzene rings is 1. The van der Waals surface area contributed by atoms with Crippen LogP contribution in [0.15, 0.2) is 30.7 Å². The van der Waals surface area contributed by atoms with Gasteiger partial charge in [-0.25, -0.2) is 14.6 Å². The molecule has 3 aromatic rings. The lowest BCUT2D eigenvalue weighted by molar-refractivity contribution is -0.134. The standard InChI is InChI=1S/C15H15N5O2/c1-9-3-4-11(5-10(9)2)20-15-12(6-19-20)14(17-8-18-15)16-7-13(21)22/h3-6,8H,7H2,1-2H3,(H,21,22)(H,16,17,18). The maximum atomic E-state index is 10.7. The van der Waals surface area contributed by atoms with E-state index in [4.69, 9.17) is 5.11 Å². The summed E-state index contributed by atoms with van der Waals surface area (Å²) >= 11 is 0. The second-order valence-corrected chi connectivity index (χ2v) is 5.03. The highest BCUT2D eigenvalue weighted by atomic mass is 16.4. The number of hydrogen-bond acceptors (Lipinski definition) is 5. The molecule has 2 heterocycles. The van der Waals surface area contributed by atoms with Crippen molar-refractivity contribution in [2.75, 3.05) is 11.9 Å². The first-order valence-corrected chi connectivity index (χ1v) is 6.78. The van der Waals surface area contributed by atoms with Crippen LogP contribution in [0.2, 0.25) is 0 Å². The summed E-state index contributed by atoms with van der Waals surface area (Å²) in [7, 11) is 0. The number of carboxylic acid groups (broad SMARTS) is 1. The molecule has 0 saturated heterocycles. The van der Waals surface area contributed by atoms with Crippen molar-refractivity contribution < 1.29 is 9.90 Å². The lowest BCUT2D eigenvalue weighted by atomic mass is 10.1. The zero-order valence-corrected chi connectivity index (χ0v) is 12.2. The Morgan fingerprint density at radius 1 is 1.27 bits per heavy atom. The van der Waals surface area contributed by atoms with Gasteiger partial charge in [0.15, 0.2) is 5.65 Å². The quantitative estimate of drug-likeness (QED) is 0.764. The van der Waals surface area contributed by atoms with E-state index < -0.39 is 5.97 Å². The summed E-state index contributed by atoms with van der Waals surface area (Å²) in [5.41, 5.74) is 3.91. The third-order valence-electron chi connectivity index (χ3n) is 3.51. The second kappa shape index (κ2) is 5.44. The van der Waals surface area contributed by atoms with Crippen molar-refractivity contribution in [2.45, 2.75) is 13.8 Å². The molecule has 22 heavy (non-hydrogen) atoms. The number of carboxylic acids is 1. The van der Waals surface area contributed by atoms with Crippen molar-refractivity contribution in [1.29, 1.82) is 0 Å². The van der Waals surface area contributed by atoms with Crippen LogP contribution >= 0.6 is 0 Å². The number of rotatable bonds is 4.